The van der Waals surface area contributed by atoms with Crippen LogP contribution in [-0.4, -0.2) is 0 Å². The Hall–Kier alpha value is -1.61. The minimum absolute atomic E-state index is 0.273. The average molecular weight is 268 g/mol. The summed E-state index contributed by atoms with van der Waals surface area (Å²) in [5.41, 5.74) is 0.963. The van der Waals surface area contributed by atoms with Crippen molar-refractivity contribution in [2.24, 2.45) is 0 Å². The van der Waals surface area contributed by atoms with Crippen LogP contribution in [0.5, 0.6) is 0 Å². The van der Waals surface area contributed by atoms with Crippen molar-refractivity contribution >= 4 is 17.3 Å². The van der Waals surface area contributed by atoms with Crippen molar-refractivity contribution < 1.29 is 8.78 Å². The molecule has 0 fully saturated rings. The molecule has 1 atom stereocenters. The summed E-state index contributed by atoms with van der Waals surface area (Å²) in [5.74, 6) is -1.68. The smallest absolute Gasteiger partial charge is 0.164 e. The van der Waals surface area contributed by atoms with Gasteiger partial charge in [-0.05, 0) is 25.1 Å². The van der Waals surface area contributed by atoms with E-state index in [1.165, 1.54) is 6.07 Å². The molecule has 0 heterocycles. The second-order valence-corrected chi connectivity index (χ2v) is 4.40. The molecule has 0 aromatic heterocycles. The van der Waals surface area contributed by atoms with Crippen molar-refractivity contribution in [3.05, 3.63) is 64.7 Å². The lowest BCUT2D eigenvalue weighted by atomic mass is 10.1. The number of halogens is 3. The van der Waals surface area contributed by atoms with Crippen molar-refractivity contribution in [2.45, 2.75) is 13.0 Å². The van der Waals surface area contributed by atoms with Crippen LogP contribution in [0.4, 0.5) is 14.5 Å². The standard InChI is InChI=1S/C14H12ClF2N/c1-9(10-5-4-7-12(16)14(10)17)18-13-8-3-2-6-11(13)15/h2-9,18H,1H3. The Kier molecular flexibility index (Phi) is 3.82. The Morgan fingerprint density at radius 3 is 2.50 bits per heavy atom. The van der Waals surface area contributed by atoms with Crippen LogP contribution in [0.2, 0.25) is 5.02 Å². The number of rotatable bonds is 3. The summed E-state index contributed by atoms with van der Waals surface area (Å²) in [7, 11) is 0. The van der Waals surface area contributed by atoms with Crippen molar-refractivity contribution in [1.29, 1.82) is 0 Å². The molecule has 2 rings (SSSR count). The first-order chi connectivity index (χ1) is 8.59. The summed E-state index contributed by atoms with van der Waals surface area (Å²) < 4.78 is 26.7. The maximum atomic E-state index is 13.6. The van der Waals surface area contributed by atoms with E-state index >= 15 is 0 Å². The Morgan fingerprint density at radius 1 is 1.06 bits per heavy atom. The van der Waals surface area contributed by atoms with Gasteiger partial charge < -0.3 is 5.32 Å². The van der Waals surface area contributed by atoms with E-state index in [2.05, 4.69) is 5.32 Å². The number of hydrogen-bond donors (Lipinski definition) is 1. The van der Waals surface area contributed by atoms with Crippen LogP contribution in [0.25, 0.3) is 0 Å². The van der Waals surface area contributed by atoms with Crippen LogP contribution in [-0.2, 0) is 0 Å². The van der Waals surface area contributed by atoms with Gasteiger partial charge in [-0.2, -0.15) is 0 Å². The van der Waals surface area contributed by atoms with Crippen LogP contribution in [0.1, 0.15) is 18.5 Å². The molecular formula is C14H12ClF2N. The van der Waals surface area contributed by atoms with Gasteiger partial charge in [-0.15, -0.1) is 0 Å². The number of benzene rings is 2. The molecule has 0 saturated carbocycles. The lowest BCUT2D eigenvalue weighted by Gasteiger charge is -2.17. The fourth-order valence-corrected chi connectivity index (χ4v) is 1.93. The molecular weight excluding hydrogens is 256 g/mol. The van der Waals surface area contributed by atoms with Crippen molar-refractivity contribution in [3.8, 4) is 0 Å². The minimum atomic E-state index is -0.847. The third kappa shape index (κ3) is 2.62. The van der Waals surface area contributed by atoms with Gasteiger partial charge in [-0.1, -0.05) is 35.9 Å². The predicted octanol–water partition coefficient (Wildman–Crippen LogP) is 4.79. The van der Waals surface area contributed by atoms with E-state index in [0.29, 0.717) is 10.7 Å². The predicted molar refractivity (Wildman–Crippen MR) is 69.8 cm³/mol. The molecule has 0 aliphatic carbocycles. The Balaban J connectivity index is 2.25. The number of para-hydroxylation sites is 1. The maximum Gasteiger partial charge on any atom is 0.164 e. The molecule has 0 spiro atoms. The Labute approximate surface area is 109 Å². The zero-order valence-corrected chi connectivity index (χ0v) is 10.5. The van der Waals surface area contributed by atoms with E-state index in [0.717, 1.165) is 6.07 Å². The zero-order valence-electron chi connectivity index (χ0n) is 9.75. The molecule has 0 aliphatic rings. The second kappa shape index (κ2) is 5.36. The maximum absolute atomic E-state index is 13.6. The van der Waals surface area contributed by atoms with Gasteiger partial charge in [-0.25, -0.2) is 8.78 Å². The highest BCUT2D eigenvalue weighted by molar-refractivity contribution is 6.33. The van der Waals surface area contributed by atoms with Crippen molar-refractivity contribution in [2.75, 3.05) is 5.32 Å². The van der Waals surface area contributed by atoms with Crippen LogP contribution < -0.4 is 5.32 Å². The molecule has 2 aromatic carbocycles. The summed E-state index contributed by atoms with van der Waals surface area (Å²) in [6.07, 6.45) is 0. The fraction of sp³-hybridized carbons (Fsp3) is 0.143. The first kappa shape index (κ1) is 12.8. The van der Waals surface area contributed by atoms with E-state index in [4.69, 9.17) is 11.6 Å². The van der Waals surface area contributed by atoms with E-state index in [9.17, 15) is 8.78 Å². The largest absolute Gasteiger partial charge is 0.377 e. The second-order valence-electron chi connectivity index (χ2n) is 3.99. The SMILES string of the molecule is CC(Nc1ccccc1Cl)c1cccc(F)c1F. The molecule has 1 unspecified atom stereocenters. The first-order valence-corrected chi connectivity index (χ1v) is 5.92. The van der Waals surface area contributed by atoms with Gasteiger partial charge >= 0.3 is 0 Å². The third-order valence-corrected chi connectivity index (χ3v) is 3.02. The summed E-state index contributed by atoms with van der Waals surface area (Å²) in [4.78, 5) is 0. The normalized spacial score (nSPS) is 12.2. The molecule has 2 aromatic rings. The highest BCUT2D eigenvalue weighted by Crippen LogP contribution is 2.27. The van der Waals surface area contributed by atoms with Crippen molar-refractivity contribution in [1.82, 2.24) is 0 Å². The third-order valence-electron chi connectivity index (χ3n) is 2.69. The monoisotopic (exact) mass is 267 g/mol. The highest BCUT2D eigenvalue weighted by atomic mass is 35.5. The molecule has 0 radical (unpaired) electrons. The van der Waals surface area contributed by atoms with Gasteiger partial charge in [-0.3, -0.25) is 0 Å². The van der Waals surface area contributed by atoms with Gasteiger partial charge in [0.15, 0.2) is 11.6 Å². The zero-order chi connectivity index (χ0) is 13.1. The summed E-state index contributed by atoms with van der Waals surface area (Å²) in [6.45, 7) is 1.75. The Morgan fingerprint density at radius 2 is 1.78 bits per heavy atom. The van der Waals surface area contributed by atoms with Gasteiger partial charge in [0.2, 0.25) is 0 Å². The molecule has 94 valence electrons. The Bertz CT molecular complexity index is 557. The number of hydrogen-bond acceptors (Lipinski definition) is 1. The number of anilines is 1. The number of nitrogens with one attached hydrogen (secondary N) is 1. The fourth-order valence-electron chi connectivity index (χ4n) is 1.74. The van der Waals surface area contributed by atoms with Gasteiger partial charge in [0.1, 0.15) is 0 Å². The first-order valence-electron chi connectivity index (χ1n) is 5.54. The van der Waals surface area contributed by atoms with E-state index in [1.54, 1.807) is 31.2 Å². The highest BCUT2D eigenvalue weighted by Gasteiger charge is 2.14. The molecule has 18 heavy (non-hydrogen) atoms. The molecule has 1 nitrogen and oxygen atoms in total. The van der Waals surface area contributed by atoms with E-state index < -0.39 is 11.6 Å². The molecule has 1 N–H and O–H groups in total. The molecule has 0 saturated heterocycles. The molecule has 0 bridgehead atoms. The minimum Gasteiger partial charge on any atom is -0.377 e. The van der Waals surface area contributed by atoms with E-state index in [-0.39, 0.29) is 11.6 Å². The molecule has 0 aliphatic heterocycles. The van der Waals surface area contributed by atoms with Crippen LogP contribution in [0.15, 0.2) is 42.5 Å². The summed E-state index contributed by atoms with van der Waals surface area (Å²) in [5, 5.41) is 3.60. The van der Waals surface area contributed by atoms with Crippen molar-refractivity contribution in [3.63, 3.8) is 0 Å². The topological polar surface area (TPSA) is 12.0 Å². The lowest BCUT2D eigenvalue weighted by molar-refractivity contribution is 0.494. The quantitative estimate of drug-likeness (QED) is 0.843. The van der Waals surface area contributed by atoms with Crippen LogP contribution >= 0.6 is 11.6 Å². The molecule has 4 heteroatoms. The van der Waals surface area contributed by atoms with Crippen LogP contribution in [0.3, 0.4) is 0 Å². The summed E-state index contributed by atoms with van der Waals surface area (Å²) >= 11 is 6.00. The molecule has 0 amide bonds. The van der Waals surface area contributed by atoms with Crippen LogP contribution in [0, 0.1) is 11.6 Å². The van der Waals surface area contributed by atoms with Gasteiger partial charge in [0, 0.05) is 5.56 Å². The summed E-state index contributed by atoms with van der Waals surface area (Å²) in [6, 6.07) is 10.9. The lowest BCUT2D eigenvalue weighted by Crippen LogP contribution is -2.09. The van der Waals surface area contributed by atoms with E-state index in [1.807, 2.05) is 6.07 Å². The average Bonchev–Trinajstić information content (AvgIpc) is 2.35. The van der Waals surface area contributed by atoms with Gasteiger partial charge in [0.05, 0.1) is 16.8 Å². The van der Waals surface area contributed by atoms with Gasteiger partial charge in [0.25, 0.3) is 0 Å².